The molecule has 1 saturated heterocycles. The number of piperidine rings is 1. The molecule has 0 aromatic heterocycles. The van der Waals surface area contributed by atoms with Gasteiger partial charge in [0.05, 0.1) is 12.1 Å². The Kier molecular flexibility index (Phi) is 7.06. The molecule has 3 unspecified atom stereocenters. The second-order valence-electron chi connectivity index (χ2n) is 6.61. The second-order valence-corrected chi connectivity index (χ2v) is 6.61. The number of benzene rings is 1. The van der Waals surface area contributed by atoms with Gasteiger partial charge in [-0.05, 0) is 31.0 Å². The molecule has 0 aliphatic carbocycles. The van der Waals surface area contributed by atoms with Crippen LogP contribution in [0.1, 0.15) is 38.8 Å². The van der Waals surface area contributed by atoms with Gasteiger partial charge < -0.3 is 15.3 Å². The Morgan fingerprint density at radius 1 is 1.33 bits per heavy atom. The monoisotopic (exact) mass is 333 g/mol. The summed E-state index contributed by atoms with van der Waals surface area (Å²) in [6.07, 6.45) is 0.435. The molecule has 1 aromatic carbocycles. The van der Waals surface area contributed by atoms with Crippen molar-refractivity contribution in [3.63, 3.8) is 0 Å². The normalized spacial score (nSPS) is 22.5. The minimum atomic E-state index is -0.419. The third-order valence-corrected chi connectivity index (χ3v) is 5.09. The fourth-order valence-electron chi connectivity index (χ4n) is 3.33. The maximum atomic E-state index is 12.5. The minimum Gasteiger partial charge on any atom is -0.391 e. The molecular formula is C19H31N3O2. The van der Waals surface area contributed by atoms with E-state index in [1.807, 2.05) is 25.1 Å². The van der Waals surface area contributed by atoms with E-state index in [9.17, 15) is 9.90 Å². The average molecular weight is 333 g/mol. The van der Waals surface area contributed by atoms with Crippen LogP contribution in [0.4, 0.5) is 4.79 Å². The van der Waals surface area contributed by atoms with Crippen LogP contribution in [0.15, 0.2) is 30.3 Å². The number of carbonyl (C=O) groups is 1. The van der Waals surface area contributed by atoms with Crippen molar-refractivity contribution in [3.05, 3.63) is 35.9 Å². The van der Waals surface area contributed by atoms with E-state index >= 15 is 0 Å². The molecule has 134 valence electrons. The molecule has 3 atom stereocenters. The summed E-state index contributed by atoms with van der Waals surface area (Å²) in [6, 6.07) is 10.4. The van der Waals surface area contributed by atoms with Gasteiger partial charge >= 0.3 is 6.03 Å². The molecule has 2 amide bonds. The highest BCUT2D eigenvalue weighted by atomic mass is 16.3. The number of nitrogens with zero attached hydrogens (tertiary/aromatic N) is 2. The van der Waals surface area contributed by atoms with Gasteiger partial charge in [-0.25, -0.2) is 4.79 Å². The highest BCUT2D eigenvalue weighted by Crippen LogP contribution is 2.20. The van der Waals surface area contributed by atoms with Crippen LogP contribution in [0, 0.1) is 5.92 Å². The quantitative estimate of drug-likeness (QED) is 0.841. The number of urea groups is 1. The predicted molar refractivity (Wildman–Crippen MR) is 96.9 cm³/mol. The van der Waals surface area contributed by atoms with Gasteiger partial charge in [0.1, 0.15) is 0 Å². The Balaban J connectivity index is 1.98. The minimum absolute atomic E-state index is 0.0750. The highest BCUT2D eigenvalue weighted by molar-refractivity contribution is 5.74. The summed E-state index contributed by atoms with van der Waals surface area (Å²) < 4.78 is 0. The Morgan fingerprint density at radius 3 is 2.58 bits per heavy atom. The van der Waals surface area contributed by atoms with Gasteiger partial charge in [-0.15, -0.1) is 0 Å². The molecule has 1 aliphatic rings. The van der Waals surface area contributed by atoms with Crippen LogP contribution in [0.5, 0.6) is 0 Å². The second kappa shape index (κ2) is 9.04. The van der Waals surface area contributed by atoms with Gasteiger partial charge in [0.2, 0.25) is 0 Å². The van der Waals surface area contributed by atoms with E-state index in [1.165, 1.54) is 5.56 Å². The smallest absolute Gasteiger partial charge is 0.317 e. The van der Waals surface area contributed by atoms with E-state index in [0.29, 0.717) is 19.6 Å². The lowest BCUT2D eigenvalue weighted by molar-refractivity contribution is 0.0431. The standard InChI is InChI=1S/C19H31N3O2/c1-4-21(5-2)17(16-9-7-6-8-10-16)13-20-19(24)22-12-11-15(3)18(23)14-22/h6-10,15,17-18,23H,4-5,11-14H2,1-3H3,(H,20,24). The molecular weight excluding hydrogens is 302 g/mol. The van der Waals surface area contributed by atoms with Gasteiger partial charge in [-0.2, -0.15) is 0 Å². The van der Waals surface area contributed by atoms with Crippen LogP contribution in [0.3, 0.4) is 0 Å². The predicted octanol–water partition coefficient (Wildman–Crippen LogP) is 2.48. The van der Waals surface area contributed by atoms with Crippen LogP contribution in [0.25, 0.3) is 0 Å². The first-order valence-electron chi connectivity index (χ1n) is 9.06. The first kappa shape index (κ1) is 18.7. The fourth-order valence-corrected chi connectivity index (χ4v) is 3.33. The van der Waals surface area contributed by atoms with Crippen molar-refractivity contribution in [1.82, 2.24) is 15.1 Å². The number of hydrogen-bond acceptors (Lipinski definition) is 3. The molecule has 0 saturated carbocycles. The number of carbonyl (C=O) groups excluding carboxylic acids is 1. The first-order chi connectivity index (χ1) is 11.6. The van der Waals surface area contributed by atoms with E-state index in [4.69, 9.17) is 0 Å². The third kappa shape index (κ3) is 4.71. The lowest BCUT2D eigenvalue weighted by Crippen LogP contribution is -2.51. The van der Waals surface area contributed by atoms with Crippen molar-refractivity contribution in [2.45, 2.75) is 39.3 Å². The molecule has 2 rings (SSSR count). The zero-order chi connectivity index (χ0) is 17.5. The Labute approximate surface area is 145 Å². The summed E-state index contributed by atoms with van der Waals surface area (Å²) in [7, 11) is 0. The molecule has 5 nitrogen and oxygen atoms in total. The number of likely N-dealkylation sites (tertiary alicyclic amines) is 1. The SMILES string of the molecule is CCN(CC)C(CNC(=O)N1CCC(C)C(O)C1)c1ccccc1. The lowest BCUT2D eigenvalue weighted by atomic mass is 9.96. The fraction of sp³-hybridized carbons (Fsp3) is 0.632. The zero-order valence-corrected chi connectivity index (χ0v) is 15.1. The number of aliphatic hydroxyl groups is 1. The highest BCUT2D eigenvalue weighted by Gasteiger charge is 2.28. The van der Waals surface area contributed by atoms with Crippen molar-refractivity contribution in [2.24, 2.45) is 5.92 Å². The molecule has 0 spiro atoms. The van der Waals surface area contributed by atoms with E-state index in [1.54, 1.807) is 4.90 Å². The summed E-state index contributed by atoms with van der Waals surface area (Å²) >= 11 is 0. The molecule has 0 radical (unpaired) electrons. The van der Waals surface area contributed by atoms with E-state index in [-0.39, 0.29) is 18.0 Å². The summed E-state index contributed by atoms with van der Waals surface area (Å²) in [5, 5.41) is 13.1. The summed E-state index contributed by atoms with van der Waals surface area (Å²) in [5.74, 6) is 0.266. The average Bonchev–Trinajstić information content (AvgIpc) is 2.61. The Hall–Kier alpha value is -1.59. The van der Waals surface area contributed by atoms with Crippen LogP contribution >= 0.6 is 0 Å². The number of rotatable bonds is 6. The molecule has 5 heteroatoms. The van der Waals surface area contributed by atoms with Crippen molar-refractivity contribution in [1.29, 1.82) is 0 Å². The van der Waals surface area contributed by atoms with Crippen molar-refractivity contribution in [3.8, 4) is 0 Å². The summed E-state index contributed by atoms with van der Waals surface area (Å²) in [4.78, 5) is 16.6. The van der Waals surface area contributed by atoms with Gasteiger partial charge in [0, 0.05) is 19.6 Å². The largest absolute Gasteiger partial charge is 0.391 e. The number of amides is 2. The Morgan fingerprint density at radius 2 is 2.00 bits per heavy atom. The number of likely N-dealkylation sites (N-methyl/N-ethyl adjacent to an activating group) is 1. The Bertz CT molecular complexity index is 505. The van der Waals surface area contributed by atoms with E-state index < -0.39 is 6.10 Å². The number of nitrogens with one attached hydrogen (secondary N) is 1. The van der Waals surface area contributed by atoms with Crippen LogP contribution in [0.2, 0.25) is 0 Å². The van der Waals surface area contributed by atoms with Crippen LogP contribution in [-0.2, 0) is 0 Å². The number of hydrogen-bond donors (Lipinski definition) is 2. The summed E-state index contributed by atoms with van der Waals surface area (Å²) in [5.41, 5.74) is 1.22. The first-order valence-corrected chi connectivity index (χ1v) is 9.06. The van der Waals surface area contributed by atoms with Gasteiger partial charge in [-0.1, -0.05) is 51.1 Å². The summed E-state index contributed by atoms with van der Waals surface area (Å²) in [6.45, 7) is 9.91. The molecule has 1 aliphatic heterocycles. The molecule has 1 fully saturated rings. The van der Waals surface area contributed by atoms with Gasteiger partial charge in [0.15, 0.2) is 0 Å². The van der Waals surface area contributed by atoms with Crippen molar-refractivity contribution >= 4 is 6.03 Å². The van der Waals surface area contributed by atoms with Crippen LogP contribution < -0.4 is 5.32 Å². The van der Waals surface area contributed by atoms with Gasteiger partial charge in [-0.3, -0.25) is 4.90 Å². The number of β-amino-alcohol motifs (C(OH)–C–C–N with tert-alkyl or cyclic N) is 1. The molecule has 1 heterocycles. The van der Waals surface area contributed by atoms with Crippen molar-refractivity contribution < 1.29 is 9.90 Å². The molecule has 2 N–H and O–H groups in total. The maximum absolute atomic E-state index is 12.5. The van der Waals surface area contributed by atoms with E-state index in [2.05, 4.69) is 36.2 Å². The van der Waals surface area contributed by atoms with Crippen LogP contribution in [-0.4, -0.2) is 59.8 Å². The molecule has 24 heavy (non-hydrogen) atoms. The maximum Gasteiger partial charge on any atom is 0.317 e. The molecule has 1 aromatic rings. The lowest BCUT2D eigenvalue weighted by Gasteiger charge is -2.35. The van der Waals surface area contributed by atoms with Gasteiger partial charge in [0.25, 0.3) is 0 Å². The topological polar surface area (TPSA) is 55.8 Å². The zero-order valence-electron chi connectivity index (χ0n) is 15.1. The third-order valence-electron chi connectivity index (χ3n) is 5.09. The van der Waals surface area contributed by atoms with E-state index in [0.717, 1.165) is 19.5 Å². The molecule has 0 bridgehead atoms. The number of aliphatic hydroxyl groups excluding tert-OH is 1. The van der Waals surface area contributed by atoms with Crippen molar-refractivity contribution in [2.75, 3.05) is 32.7 Å².